The molecular weight excluding hydrogens is 170 g/mol. The maximum absolute atomic E-state index is 11.6. The molecular formula is C8H13N3O2. The minimum absolute atomic E-state index is 0.107. The number of nitrogens with zero attached hydrogens (tertiary/aromatic N) is 2. The first kappa shape index (κ1) is 9.73. The van der Waals surface area contributed by atoms with E-state index in [1.807, 2.05) is 0 Å². The molecule has 0 radical (unpaired) electrons. The number of hydrogen-bond donors (Lipinski definition) is 1. The Labute approximate surface area is 76.5 Å². The second-order valence-corrected chi connectivity index (χ2v) is 2.81. The lowest BCUT2D eigenvalue weighted by Gasteiger charge is -2.14. The van der Waals surface area contributed by atoms with Crippen molar-refractivity contribution in [1.82, 2.24) is 10.1 Å². The fraction of sp³-hybridized carbons (Fsp3) is 0.500. The van der Waals surface area contributed by atoms with E-state index >= 15 is 0 Å². The average Bonchev–Trinajstić information content (AvgIpc) is 2.50. The monoisotopic (exact) mass is 183 g/mol. The van der Waals surface area contributed by atoms with Crippen LogP contribution in [0.3, 0.4) is 0 Å². The van der Waals surface area contributed by atoms with E-state index < -0.39 is 0 Å². The predicted octanol–water partition coefficient (Wildman–Crippen LogP) is 0.0137. The lowest BCUT2D eigenvalue weighted by atomic mass is 10.2. The Kier molecular flexibility index (Phi) is 3.02. The largest absolute Gasteiger partial charge is 0.361 e. The minimum atomic E-state index is -0.107. The van der Waals surface area contributed by atoms with E-state index in [0.717, 1.165) is 0 Å². The molecule has 0 spiro atoms. The van der Waals surface area contributed by atoms with Crippen molar-refractivity contribution in [3.05, 3.63) is 17.5 Å². The summed E-state index contributed by atoms with van der Waals surface area (Å²) in [5.74, 6) is 0.429. The molecule has 0 saturated carbocycles. The molecule has 0 fully saturated rings. The van der Waals surface area contributed by atoms with Crippen LogP contribution in [0.5, 0.6) is 0 Å². The highest BCUT2D eigenvalue weighted by atomic mass is 16.5. The first-order chi connectivity index (χ1) is 6.16. The van der Waals surface area contributed by atoms with Crippen LogP contribution in [-0.2, 0) is 0 Å². The summed E-state index contributed by atoms with van der Waals surface area (Å²) in [6, 6.07) is 0. The summed E-state index contributed by atoms with van der Waals surface area (Å²) in [5.41, 5.74) is 5.82. The smallest absolute Gasteiger partial charge is 0.258 e. The number of hydrogen-bond acceptors (Lipinski definition) is 4. The topological polar surface area (TPSA) is 72.4 Å². The Balaban J connectivity index is 2.73. The molecule has 0 aliphatic carbocycles. The molecule has 0 atom stereocenters. The van der Waals surface area contributed by atoms with Crippen molar-refractivity contribution in [3.63, 3.8) is 0 Å². The van der Waals surface area contributed by atoms with Gasteiger partial charge in [0.05, 0.1) is 6.20 Å². The zero-order valence-electron chi connectivity index (χ0n) is 7.78. The highest BCUT2D eigenvalue weighted by molar-refractivity contribution is 5.94. The Morgan fingerprint density at radius 3 is 2.92 bits per heavy atom. The van der Waals surface area contributed by atoms with Gasteiger partial charge in [0.1, 0.15) is 11.3 Å². The molecule has 1 amide bonds. The van der Waals surface area contributed by atoms with Gasteiger partial charge >= 0.3 is 0 Å². The van der Waals surface area contributed by atoms with Gasteiger partial charge in [-0.25, -0.2) is 0 Å². The van der Waals surface area contributed by atoms with E-state index in [-0.39, 0.29) is 5.91 Å². The second kappa shape index (κ2) is 4.04. The number of aromatic nitrogens is 1. The van der Waals surface area contributed by atoms with Gasteiger partial charge in [-0.15, -0.1) is 0 Å². The fourth-order valence-electron chi connectivity index (χ4n) is 1.00. The Morgan fingerprint density at radius 2 is 2.46 bits per heavy atom. The average molecular weight is 183 g/mol. The van der Waals surface area contributed by atoms with Crippen LogP contribution in [0.4, 0.5) is 0 Å². The molecule has 0 unspecified atom stereocenters. The maximum Gasteiger partial charge on any atom is 0.258 e. The Morgan fingerprint density at radius 1 is 1.77 bits per heavy atom. The van der Waals surface area contributed by atoms with Crippen LogP contribution in [0.1, 0.15) is 16.1 Å². The summed E-state index contributed by atoms with van der Waals surface area (Å²) in [6.07, 6.45) is 1.42. The molecule has 13 heavy (non-hydrogen) atoms. The molecule has 1 heterocycles. The van der Waals surface area contributed by atoms with Crippen molar-refractivity contribution in [2.75, 3.05) is 20.1 Å². The van der Waals surface area contributed by atoms with E-state index in [1.165, 1.54) is 6.20 Å². The Bertz CT molecular complexity index is 295. The third kappa shape index (κ3) is 2.06. The first-order valence-electron chi connectivity index (χ1n) is 4.03. The summed E-state index contributed by atoms with van der Waals surface area (Å²) >= 11 is 0. The van der Waals surface area contributed by atoms with Gasteiger partial charge in [0.25, 0.3) is 5.91 Å². The normalized spacial score (nSPS) is 10.1. The zero-order valence-corrected chi connectivity index (χ0v) is 7.78. The molecule has 5 heteroatoms. The summed E-state index contributed by atoms with van der Waals surface area (Å²) in [4.78, 5) is 13.1. The number of carbonyl (C=O) groups is 1. The van der Waals surface area contributed by atoms with Crippen molar-refractivity contribution < 1.29 is 9.32 Å². The van der Waals surface area contributed by atoms with Crippen molar-refractivity contribution in [2.45, 2.75) is 6.92 Å². The van der Waals surface area contributed by atoms with Gasteiger partial charge in [-0.1, -0.05) is 5.16 Å². The van der Waals surface area contributed by atoms with E-state index in [0.29, 0.717) is 24.4 Å². The van der Waals surface area contributed by atoms with Crippen LogP contribution >= 0.6 is 0 Å². The lowest BCUT2D eigenvalue weighted by molar-refractivity contribution is 0.0797. The summed E-state index contributed by atoms with van der Waals surface area (Å²) in [7, 11) is 1.70. The second-order valence-electron chi connectivity index (χ2n) is 2.81. The van der Waals surface area contributed by atoms with Gasteiger partial charge in [-0.3, -0.25) is 4.79 Å². The van der Waals surface area contributed by atoms with Gasteiger partial charge in [0.15, 0.2) is 0 Å². The summed E-state index contributed by atoms with van der Waals surface area (Å²) in [5, 5.41) is 3.53. The van der Waals surface area contributed by atoms with Crippen LogP contribution in [0, 0.1) is 6.92 Å². The number of amides is 1. The highest BCUT2D eigenvalue weighted by Crippen LogP contribution is 2.08. The van der Waals surface area contributed by atoms with Gasteiger partial charge < -0.3 is 15.2 Å². The summed E-state index contributed by atoms with van der Waals surface area (Å²) < 4.78 is 4.79. The summed E-state index contributed by atoms with van der Waals surface area (Å²) in [6.45, 7) is 2.69. The fourth-order valence-corrected chi connectivity index (χ4v) is 1.00. The molecule has 1 aromatic rings. The Hall–Kier alpha value is -1.36. The molecule has 0 saturated heterocycles. The van der Waals surface area contributed by atoms with Gasteiger partial charge in [-0.05, 0) is 6.92 Å². The van der Waals surface area contributed by atoms with Gasteiger partial charge in [0, 0.05) is 20.1 Å². The van der Waals surface area contributed by atoms with Crippen LogP contribution in [-0.4, -0.2) is 36.1 Å². The third-order valence-electron chi connectivity index (χ3n) is 1.79. The van der Waals surface area contributed by atoms with Crippen molar-refractivity contribution >= 4 is 5.91 Å². The van der Waals surface area contributed by atoms with Crippen LogP contribution in [0.15, 0.2) is 10.7 Å². The molecule has 1 aromatic heterocycles. The lowest BCUT2D eigenvalue weighted by Crippen LogP contribution is -2.31. The quantitative estimate of drug-likeness (QED) is 0.716. The molecule has 0 aliphatic heterocycles. The van der Waals surface area contributed by atoms with Crippen LogP contribution < -0.4 is 5.73 Å². The molecule has 5 nitrogen and oxygen atoms in total. The molecule has 0 aromatic carbocycles. The number of carbonyl (C=O) groups excluding carboxylic acids is 1. The van der Waals surface area contributed by atoms with Crippen molar-refractivity contribution in [2.24, 2.45) is 5.73 Å². The standard InChI is InChI=1S/C8H13N3O2/c1-6-7(5-10-13-6)8(12)11(2)4-3-9/h5H,3-4,9H2,1-2H3. The van der Waals surface area contributed by atoms with E-state index in [2.05, 4.69) is 5.16 Å². The minimum Gasteiger partial charge on any atom is -0.361 e. The van der Waals surface area contributed by atoms with Gasteiger partial charge in [0.2, 0.25) is 0 Å². The molecule has 72 valence electrons. The van der Waals surface area contributed by atoms with Crippen LogP contribution in [0.2, 0.25) is 0 Å². The first-order valence-corrected chi connectivity index (χ1v) is 4.03. The maximum atomic E-state index is 11.6. The predicted molar refractivity (Wildman–Crippen MR) is 47.3 cm³/mol. The number of likely N-dealkylation sites (N-methyl/N-ethyl adjacent to an activating group) is 1. The van der Waals surface area contributed by atoms with E-state index in [9.17, 15) is 4.79 Å². The third-order valence-corrected chi connectivity index (χ3v) is 1.79. The van der Waals surface area contributed by atoms with Gasteiger partial charge in [-0.2, -0.15) is 0 Å². The number of aryl methyl sites for hydroxylation is 1. The van der Waals surface area contributed by atoms with E-state index in [1.54, 1.807) is 18.9 Å². The van der Waals surface area contributed by atoms with Crippen molar-refractivity contribution in [1.29, 1.82) is 0 Å². The highest BCUT2D eigenvalue weighted by Gasteiger charge is 2.16. The molecule has 0 bridgehead atoms. The van der Waals surface area contributed by atoms with Crippen LogP contribution in [0.25, 0.3) is 0 Å². The van der Waals surface area contributed by atoms with Crippen molar-refractivity contribution in [3.8, 4) is 0 Å². The zero-order chi connectivity index (χ0) is 9.84. The molecule has 2 N–H and O–H groups in total. The number of rotatable bonds is 3. The molecule has 1 rings (SSSR count). The number of nitrogens with two attached hydrogens (primary N) is 1. The molecule has 0 aliphatic rings. The van der Waals surface area contributed by atoms with E-state index in [4.69, 9.17) is 10.3 Å². The SMILES string of the molecule is Cc1oncc1C(=O)N(C)CCN.